The van der Waals surface area contributed by atoms with Gasteiger partial charge in [0.15, 0.2) is 5.69 Å². The van der Waals surface area contributed by atoms with Gasteiger partial charge in [-0.2, -0.15) is 0 Å². The van der Waals surface area contributed by atoms with Crippen molar-refractivity contribution in [3.63, 3.8) is 0 Å². The molecule has 0 aromatic carbocycles. The first-order chi connectivity index (χ1) is 8.02. The van der Waals surface area contributed by atoms with Crippen molar-refractivity contribution in [1.82, 2.24) is 10.3 Å². The van der Waals surface area contributed by atoms with Crippen LogP contribution in [0.25, 0.3) is 0 Å². The Kier molecular flexibility index (Phi) is 5.09. The number of aromatic hydroxyl groups is 1. The van der Waals surface area contributed by atoms with Gasteiger partial charge >= 0.3 is 0 Å². The van der Waals surface area contributed by atoms with Crippen LogP contribution in [0.4, 0.5) is 0 Å². The van der Waals surface area contributed by atoms with Gasteiger partial charge in [-0.25, -0.2) is 4.98 Å². The van der Waals surface area contributed by atoms with Crippen molar-refractivity contribution in [1.29, 1.82) is 0 Å². The Labute approximate surface area is 103 Å². The Hall–Kier alpha value is -1.43. The molecule has 1 rings (SSSR count). The minimum absolute atomic E-state index is 0.0118. The summed E-state index contributed by atoms with van der Waals surface area (Å²) >= 11 is 0. The Balaban J connectivity index is 2.46. The van der Waals surface area contributed by atoms with E-state index in [4.69, 9.17) is 0 Å². The van der Waals surface area contributed by atoms with Crippen LogP contribution in [0.2, 0.25) is 0 Å². The second kappa shape index (κ2) is 6.34. The van der Waals surface area contributed by atoms with Gasteiger partial charge < -0.3 is 10.4 Å². The van der Waals surface area contributed by atoms with E-state index in [2.05, 4.69) is 10.3 Å². The van der Waals surface area contributed by atoms with Crippen molar-refractivity contribution in [2.75, 3.05) is 12.8 Å². The summed E-state index contributed by atoms with van der Waals surface area (Å²) in [5.74, 6) is -0.561. The van der Waals surface area contributed by atoms with Gasteiger partial charge in [-0.1, -0.05) is 6.92 Å². The van der Waals surface area contributed by atoms with Crippen molar-refractivity contribution in [3.05, 3.63) is 24.0 Å². The van der Waals surface area contributed by atoms with E-state index in [-0.39, 0.29) is 16.7 Å². The number of hydrogen-bond acceptors (Lipinski definition) is 4. The molecule has 0 spiro atoms. The largest absolute Gasteiger partial charge is 0.505 e. The number of pyridine rings is 1. The minimum Gasteiger partial charge on any atom is -0.505 e. The molecule has 0 radical (unpaired) electrons. The summed E-state index contributed by atoms with van der Waals surface area (Å²) < 4.78 is 11.1. The molecule has 0 aliphatic rings. The lowest BCUT2D eigenvalue weighted by Crippen LogP contribution is -2.28. The molecule has 0 bridgehead atoms. The van der Waals surface area contributed by atoms with Crippen molar-refractivity contribution < 1.29 is 14.1 Å². The van der Waals surface area contributed by atoms with Crippen LogP contribution in [0.1, 0.15) is 23.8 Å². The van der Waals surface area contributed by atoms with Crippen LogP contribution >= 0.6 is 0 Å². The Morgan fingerprint density at radius 2 is 2.35 bits per heavy atom. The number of nitrogens with zero attached hydrogens (tertiary/aromatic N) is 1. The second-order valence-corrected chi connectivity index (χ2v) is 5.53. The molecule has 2 atom stereocenters. The lowest BCUT2D eigenvalue weighted by molar-refractivity contribution is 0.0945. The third-order valence-corrected chi connectivity index (χ3v) is 3.77. The third kappa shape index (κ3) is 4.14. The third-order valence-electron chi connectivity index (χ3n) is 2.40. The molecule has 17 heavy (non-hydrogen) atoms. The first-order valence-electron chi connectivity index (χ1n) is 5.26. The Morgan fingerprint density at radius 3 is 2.94 bits per heavy atom. The van der Waals surface area contributed by atoms with Crippen LogP contribution in [0.5, 0.6) is 5.75 Å². The first kappa shape index (κ1) is 13.6. The lowest BCUT2D eigenvalue weighted by Gasteiger charge is -2.09. The molecule has 1 amide bonds. The van der Waals surface area contributed by atoms with Crippen molar-refractivity contribution in [2.24, 2.45) is 0 Å². The van der Waals surface area contributed by atoms with E-state index in [9.17, 15) is 14.1 Å². The van der Waals surface area contributed by atoms with Gasteiger partial charge in [0.05, 0.1) is 0 Å². The number of carbonyl (C=O) groups is 1. The quantitative estimate of drug-likeness (QED) is 0.811. The van der Waals surface area contributed by atoms with Crippen LogP contribution < -0.4 is 5.32 Å². The van der Waals surface area contributed by atoms with Gasteiger partial charge in [-0.15, -0.1) is 0 Å². The number of hydrogen-bond donors (Lipinski definition) is 2. The summed E-state index contributed by atoms with van der Waals surface area (Å²) in [6.07, 6.45) is 3.71. The smallest absolute Gasteiger partial charge is 0.273 e. The van der Waals surface area contributed by atoms with Crippen LogP contribution in [0, 0.1) is 0 Å². The fraction of sp³-hybridized carbons (Fsp3) is 0.455. The highest BCUT2D eigenvalue weighted by Gasteiger charge is 2.12. The predicted octanol–water partition coefficient (Wildman–Crippen LogP) is 0.674. The molecule has 5 nitrogen and oxygen atoms in total. The Morgan fingerprint density at radius 1 is 1.65 bits per heavy atom. The standard InChI is InChI=1S/C11H16N2O3S/c1-8(17(2)16)5-7-13-11(15)10-9(14)4-3-6-12-10/h3-4,6,8,14H,5,7H2,1-2H3,(H,13,15). The fourth-order valence-corrected chi connectivity index (χ4v) is 1.66. The number of nitrogens with one attached hydrogen (secondary N) is 1. The molecule has 1 aromatic heterocycles. The van der Waals surface area contributed by atoms with Gasteiger partial charge in [0.2, 0.25) is 0 Å². The summed E-state index contributed by atoms with van der Waals surface area (Å²) in [6, 6.07) is 2.96. The summed E-state index contributed by atoms with van der Waals surface area (Å²) in [4.78, 5) is 15.4. The zero-order valence-corrected chi connectivity index (χ0v) is 10.7. The molecular weight excluding hydrogens is 240 g/mol. The van der Waals surface area contributed by atoms with Gasteiger partial charge in [0.1, 0.15) is 5.75 Å². The van der Waals surface area contributed by atoms with Crippen LogP contribution in [-0.2, 0) is 10.8 Å². The first-order valence-corrected chi connectivity index (χ1v) is 6.89. The van der Waals surface area contributed by atoms with Gasteiger partial charge in [0.25, 0.3) is 5.91 Å². The maximum Gasteiger partial charge on any atom is 0.273 e. The summed E-state index contributed by atoms with van der Waals surface area (Å²) in [5.41, 5.74) is 0.0118. The van der Waals surface area contributed by atoms with Gasteiger partial charge in [0, 0.05) is 35.0 Å². The summed E-state index contributed by atoms with van der Waals surface area (Å²) in [6.45, 7) is 2.27. The minimum atomic E-state index is -0.890. The van der Waals surface area contributed by atoms with Gasteiger partial charge in [-0.05, 0) is 18.6 Å². The maximum atomic E-state index is 11.6. The maximum absolute atomic E-state index is 11.6. The zero-order valence-electron chi connectivity index (χ0n) is 9.84. The zero-order chi connectivity index (χ0) is 12.8. The molecule has 0 saturated carbocycles. The van der Waals surface area contributed by atoms with Crippen LogP contribution in [0.3, 0.4) is 0 Å². The number of carbonyl (C=O) groups excluding carboxylic acids is 1. The normalized spacial score (nSPS) is 14.0. The molecule has 6 heteroatoms. The fourth-order valence-electron chi connectivity index (χ4n) is 1.21. The van der Waals surface area contributed by atoms with E-state index in [1.807, 2.05) is 6.92 Å². The van der Waals surface area contributed by atoms with Crippen molar-refractivity contribution in [3.8, 4) is 5.75 Å². The topological polar surface area (TPSA) is 79.3 Å². The van der Waals surface area contributed by atoms with Crippen LogP contribution in [0.15, 0.2) is 18.3 Å². The predicted molar refractivity (Wildman–Crippen MR) is 66.4 cm³/mol. The van der Waals surface area contributed by atoms with E-state index in [0.29, 0.717) is 13.0 Å². The van der Waals surface area contributed by atoms with E-state index < -0.39 is 16.7 Å². The Bertz CT molecular complexity index is 423. The lowest BCUT2D eigenvalue weighted by atomic mass is 10.3. The molecule has 0 saturated heterocycles. The molecule has 2 unspecified atom stereocenters. The van der Waals surface area contributed by atoms with Crippen molar-refractivity contribution >= 4 is 16.7 Å². The summed E-state index contributed by atoms with van der Waals surface area (Å²) in [7, 11) is -0.890. The number of aromatic nitrogens is 1. The molecule has 94 valence electrons. The molecular formula is C11H16N2O3S. The second-order valence-electron chi connectivity index (χ2n) is 3.72. The van der Waals surface area contributed by atoms with Crippen molar-refractivity contribution in [2.45, 2.75) is 18.6 Å². The van der Waals surface area contributed by atoms with Crippen LogP contribution in [-0.4, -0.2) is 38.3 Å². The monoisotopic (exact) mass is 256 g/mol. The average Bonchev–Trinajstić information content (AvgIpc) is 2.29. The average molecular weight is 256 g/mol. The SMILES string of the molecule is CC(CCNC(=O)c1ncccc1O)S(C)=O. The molecule has 0 aliphatic carbocycles. The molecule has 2 N–H and O–H groups in total. The highest BCUT2D eigenvalue weighted by molar-refractivity contribution is 7.84. The molecule has 1 aromatic rings. The van der Waals surface area contributed by atoms with E-state index >= 15 is 0 Å². The summed E-state index contributed by atoms with van der Waals surface area (Å²) in [5, 5.41) is 12.1. The van der Waals surface area contributed by atoms with E-state index in [1.54, 1.807) is 12.3 Å². The molecule has 1 heterocycles. The number of amides is 1. The molecule has 0 aliphatic heterocycles. The highest BCUT2D eigenvalue weighted by atomic mass is 32.2. The van der Waals surface area contributed by atoms with E-state index in [0.717, 1.165) is 0 Å². The molecule has 0 fully saturated rings. The highest BCUT2D eigenvalue weighted by Crippen LogP contribution is 2.11. The van der Waals surface area contributed by atoms with Gasteiger partial charge in [-0.3, -0.25) is 9.00 Å². The number of rotatable bonds is 5. The van der Waals surface area contributed by atoms with E-state index in [1.165, 1.54) is 12.3 Å².